The van der Waals surface area contributed by atoms with Gasteiger partial charge in [-0.05, 0) is 99.2 Å². The summed E-state index contributed by atoms with van der Waals surface area (Å²) in [6.45, 7) is 26.6. The van der Waals surface area contributed by atoms with Crippen LogP contribution in [0.2, 0.25) is 0 Å². The maximum atomic E-state index is 13.6. The lowest BCUT2D eigenvalue weighted by atomic mass is 9.74. The van der Waals surface area contributed by atoms with Crippen LogP contribution in [0.25, 0.3) is 33.0 Å². The smallest absolute Gasteiger partial charge is 0.141 e. The van der Waals surface area contributed by atoms with Crippen molar-refractivity contribution in [2.45, 2.75) is 116 Å². The third-order valence-electron chi connectivity index (χ3n) is 13.8. The van der Waals surface area contributed by atoms with Crippen LogP contribution in [0, 0.1) is 0 Å². The molecule has 0 aliphatic carbocycles. The monoisotopic (exact) mass is 869 g/mol. The van der Waals surface area contributed by atoms with E-state index < -0.39 is 11.2 Å². The first-order chi connectivity index (χ1) is 31.0. The molecule has 0 fully saturated rings. The first kappa shape index (κ1) is 46.5. The van der Waals surface area contributed by atoms with Gasteiger partial charge in [-0.1, -0.05) is 265 Å². The molecule has 336 valence electrons. The van der Waals surface area contributed by atoms with Crippen LogP contribution in [0.15, 0.2) is 182 Å². The highest BCUT2D eigenvalue weighted by Crippen LogP contribution is 2.48. The molecule has 2 N–H and O–H groups in total. The summed E-state index contributed by atoms with van der Waals surface area (Å²) in [5.41, 5.74) is 10.5. The second-order valence-corrected chi connectivity index (χ2v) is 22.5. The molecule has 2 nitrogen and oxygen atoms in total. The quantitative estimate of drug-likeness (QED) is 0.149. The van der Waals surface area contributed by atoms with Crippen molar-refractivity contribution in [2.75, 3.05) is 0 Å². The van der Waals surface area contributed by atoms with E-state index in [1.807, 2.05) is 12.1 Å². The van der Waals surface area contributed by atoms with Crippen molar-refractivity contribution >= 4 is 10.8 Å². The highest BCUT2D eigenvalue weighted by Gasteiger charge is 2.39. The highest BCUT2D eigenvalue weighted by atomic mass is 16.3. The lowest BCUT2D eigenvalue weighted by Gasteiger charge is -2.34. The van der Waals surface area contributed by atoms with Crippen LogP contribution in [0.1, 0.15) is 139 Å². The molecule has 8 rings (SSSR count). The van der Waals surface area contributed by atoms with E-state index >= 15 is 0 Å². The van der Waals surface area contributed by atoms with E-state index in [1.165, 1.54) is 22.3 Å². The molecule has 0 bridgehead atoms. The maximum Gasteiger partial charge on any atom is 0.141 e. The van der Waals surface area contributed by atoms with Gasteiger partial charge >= 0.3 is 0 Å². The molecule has 0 atom stereocenters. The second-order valence-electron chi connectivity index (χ2n) is 22.5. The number of aliphatic hydroxyl groups is 2. The number of benzene rings is 8. The Kier molecular flexibility index (Phi) is 12.0. The van der Waals surface area contributed by atoms with Gasteiger partial charge in [0.25, 0.3) is 0 Å². The fraction of sp³-hybridized carbons (Fsp3) is 0.281. The van der Waals surface area contributed by atoms with Crippen molar-refractivity contribution in [1.82, 2.24) is 0 Å². The van der Waals surface area contributed by atoms with Gasteiger partial charge in [0, 0.05) is 11.1 Å². The van der Waals surface area contributed by atoms with Gasteiger partial charge in [-0.15, -0.1) is 0 Å². The normalized spacial score (nSPS) is 13.0. The Morgan fingerprint density at radius 1 is 0.227 bits per heavy atom. The molecule has 0 saturated carbocycles. The van der Waals surface area contributed by atoms with Crippen molar-refractivity contribution < 1.29 is 10.2 Å². The van der Waals surface area contributed by atoms with Crippen LogP contribution in [0.3, 0.4) is 0 Å². The number of hydrogen-bond acceptors (Lipinski definition) is 2. The topological polar surface area (TPSA) is 40.5 Å². The molecule has 0 saturated heterocycles. The molecule has 8 aromatic rings. The minimum atomic E-state index is -1.47. The van der Waals surface area contributed by atoms with Crippen molar-refractivity contribution in [3.8, 4) is 22.3 Å². The molecule has 0 unspecified atom stereocenters. The van der Waals surface area contributed by atoms with E-state index in [0.717, 1.165) is 66.4 Å². The van der Waals surface area contributed by atoms with E-state index in [2.05, 4.69) is 253 Å². The SMILES string of the molecule is CC(C)(C)c1ccc(C(O)(c2ccc(C(C)(C)C)cc2)c2ccccc2-c2ccc(-c3ccccc3C(O)(c3ccc(C(C)(C)C)cc3)c3ccc(C(C)(C)C)cc3)c3ccccc23)cc1. The standard InChI is InChI=1S/C64H68O2/c1-59(2,3)43-25-33-47(34-26-43)63(65,48-35-27-44(28-36-48)60(4,5)6)57-23-17-15-21-55(57)53-41-42-54(52-20-14-13-19-51(52)53)56-22-16-18-24-58(56)64(66,49-37-29-45(30-38-49)61(7,8)9)50-39-31-46(32-40-50)62(10,11)12/h13-42,65-66H,1-12H3. The zero-order valence-corrected chi connectivity index (χ0v) is 41.2. The summed E-state index contributed by atoms with van der Waals surface area (Å²) in [6, 6.07) is 63.7. The lowest BCUT2D eigenvalue weighted by molar-refractivity contribution is 0.126. The molecular weight excluding hydrogens is 801 g/mol. The van der Waals surface area contributed by atoms with Crippen LogP contribution in [-0.4, -0.2) is 10.2 Å². The maximum absolute atomic E-state index is 13.6. The van der Waals surface area contributed by atoms with E-state index in [4.69, 9.17) is 0 Å². The largest absolute Gasteiger partial charge is 0.376 e. The predicted octanol–water partition coefficient (Wildman–Crippen LogP) is 15.9. The Morgan fingerprint density at radius 3 is 0.682 bits per heavy atom. The molecule has 0 aliphatic rings. The molecule has 8 aromatic carbocycles. The summed E-state index contributed by atoms with van der Waals surface area (Å²) < 4.78 is 0. The predicted molar refractivity (Wildman–Crippen MR) is 280 cm³/mol. The summed E-state index contributed by atoms with van der Waals surface area (Å²) in [6.07, 6.45) is 0. The van der Waals surface area contributed by atoms with Crippen LogP contribution in [0.4, 0.5) is 0 Å². The van der Waals surface area contributed by atoms with Gasteiger partial charge in [-0.25, -0.2) is 0 Å². The van der Waals surface area contributed by atoms with Crippen LogP contribution in [-0.2, 0) is 32.9 Å². The van der Waals surface area contributed by atoms with Gasteiger partial charge in [-0.3, -0.25) is 0 Å². The van der Waals surface area contributed by atoms with Crippen LogP contribution in [0.5, 0.6) is 0 Å². The van der Waals surface area contributed by atoms with Gasteiger partial charge in [0.15, 0.2) is 0 Å². The van der Waals surface area contributed by atoms with E-state index in [0.29, 0.717) is 0 Å². The zero-order chi connectivity index (χ0) is 47.5. The molecule has 0 amide bonds. The molecule has 0 aromatic heterocycles. The molecule has 0 radical (unpaired) electrons. The van der Waals surface area contributed by atoms with Crippen molar-refractivity contribution in [3.63, 3.8) is 0 Å². The third-order valence-corrected chi connectivity index (χ3v) is 13.8. The van der Waals surface area contributed by atoms with E-state index in [1.54, 1.807) is 0 Å². The summed E-state index contributed by atoms with van der Waals surface area (Å²) in [4.78, 5) is 0. The van der Waals surface area contributed by atoms with Gasteiger partial charge in [-0.2, -0.15) is 0 Å². The summed E-state index contributed by atoms with van der Waals surface area (Å²) in [5, 5.41) is 29.3. The first-order valence-corrected chi connectivity index (χ1v) is 23.6. The first-order valence-electron chi connectivity index (χ1n) is 23.6. The highest BCUT2D eigenvalue weighted by molar-refractivity contribution is 6.06. The van der Waals surface area contributed by atoms with Crippen molar-refractivity contribution in [1.29, 1.82) is 0 Å². The average molecular weight is 869 g/mol. The lowest BCUT2D eigenvalue weighted by Crippen LogP contribution is -2.30. The van der Waals surface area contributed by atoms with E-state index in [-0.39, 0.29) is 21.7 Å². The fourth-order valence-electron chi connectivity index (χ4n) is 9.64. The molecule has 0 aliphatic heterocycles. The fourth-order valence-corrected chi connectivity index (χ4v) is 9.64. The van der Waals surface area contributed by atoms with Crippen molar-refractivity contribution in [3.05, 3.63) is 238 Å². The summed E-state index contributed by atoms with van der Waals surface area (Å²) >= 11 is 0. The Labute approximate surface area is 395 Å². The Hall–Kier alpha value is -6.06. The van der Waals surface area contributed by atoms with Gasteiger partial charge in [0.1, 0.15) is 11.2 Å². The number of hydrogen-bond donors (Lipinski definition) is 2. The Balaban J connectivity index is 1.34. The molecular formula is C64H68O2. The number of fused-ring (bicyclic) bond motifs is 1. The second kappa shape index (κ2) is 17.0. The number of rotatable bonds is 8. The molecule has 0 heterocycles. The van der Waals surface area contributed by atoms with Crippen molar-refractivity contribution in [2.24, 2.45) is 0 Å². The van der Waals surface area contributed by atoms with Gasteiger partial charge < -0.3 is 10.2 Å². The summed E-state index contributed by atoms with van der Waals surface area (Å²) in [5.74, 6) is 0. The van der Waals surface area contributed by atoms with Crippen LogP contribution < -0.4 is 0 Å². The van der Waals surface area contributed by atoms with Crippen LogP contribution >= 0.6 is 0 Å². The van der Waals surface area contributed by atoms with Gasteiger partial charge in [0.05, 0.1) is 0 Å². The van der Waals surface area contributed by atoms with Gasteiger partial charge in [0.2, 0.25) is 0 Å². The minimum absolute atomic E-state index is 0.0361. The summed E-state index contributed by atoms with van der Waals surface area (Å²) in [7, 11) is 0. The van der Waals surface area contributed by atoms with E-state index in [9.17, 15) is 10.2 Å². The Bertz CT molecular complexity index is 2650. The average Bonchev–Trinajstić information content (AvgIpc) is 3.30. The molecule has 0 spiro atoms. The Morgan fingerprint density at radius 2 is 0.439 bits per heavy atom. The molecule has 66 heavy (non-hydrogen) atoms. The molecule has 2 heteroatoms. The zero-order valence-electron chi connectivity index (χ0n) is 41.2. The minimum Gasteiger partial charge on any atom is -0.376 e. The third kappa shape index (κ3) is 8.58.